The predicted octanol–water partition coefficient (Wildman–Crippen LogP) is 3.60. The third kappa shape index (κ3) is 3.28. The van der Waals surface area contributed by atoms with Crippen LogP contribution >= 0.6 is 15.9 Å². The molecule has 4 nitrogen and oxygen atoms in total. The van der Waals surface area contributed by atoms with Gasteiger partial charge in [-0.3, -0.25) is 4.79 Å². The predicted molar refractivity (Wildman–Crippen MR) is 86.1 cm³/mol. The summed E-state index contributed by atoms with van der Waals surface area (Å²) in [5.74, 6) is 0.385. The van der Waals surface area contributed by atoms with Crippen molar-refractivity contribution in [2.24, 2.45) is 5.92 Å². The lowest BCUT2D eigenvalue weighted by molar-refractivity contribution is -0.126. The van der Waals surface area contributed by atoms with Crippen LogP contribution < -0.4 is 5.32 Å². The molecule has 1 saturated carbocycles. The molecule has 1 amide bonds. The van der Waals surface area contributed by atoms with Gasteiger partial charge in [0, 0.05) is 22.8 Å². The normalized spacial score (nSPS) is 16.3. The first-order chi connectivity index (χ1) is 10.1. The van der Waals surface area contributed by atoms with Crippen LogP contribution in [0.5, 0.6) is 0 Å². The second kappa shape index (κ2) is 6.18. The number of nitrogens with one attached hydrogen (secondary N) is 1. The van der Waals surface area contributed by atoms with E-state index in [9.17, 15) is 4.79 Å². The third-order valence-electron chi connectivity index (χ3n) is 4.17. The molecule has 0 bridgehead atoms. The number of carbonyl (C=O) groups is 1. The standard InChI is InChI=1S/C16H20BrN3O/c1-11-7-13(17)9-20-10-14(19-15(11)20)8-18-16(21)12-5-3-2-4-6-12/h7,9-10,12H,2-6,8H2,1H3,(H,18,21). The van der Waals surface area contributed by atoms with Gasteiger partial charge in [0.2, 0.25) is 5.91 Å². The highest BCUT2D eigenvalue weighted by atomic mass is 79.9. The van der Waals surface area contributed by atoms with E-state index in [2.05, 4.69) is 26.2 Å². The number of imidazole rings is 1. The van der Waals surface area contributed by atoms with Crippen molar-refractivity contribution in [3.05, 3.63) is 34.2 Å². The van der Waals surface area contributed by atoms with Crippen LogP contribution in [-0.4, -0.2) is 15.3 Å². The van der Waals surface area contributed by atoms with Gasteiger partial charge in [-0.25, -0.2) is 4.98 Å². The Morgan fingerprint density at radius 1 is 1.38 bits per heavy atom. The lowest BCUT2D eigenvalue weighted by Crippen LogP contribution is -2.31. The number of hydrogen-bond acceptors (Lipinski definition) is 2. The molecular formula is C16H20BrN3O. The van der Waals surface area contributed by atoms with Gasteiger partial charge >= 0.3 is 0 Å². The number of hydrogen-bond donors (Lipinski definition) is 1. The second-order valence-electron chi connectivity index (χ2n) is 5.86. The van der Waals surface area contributed by atoms with Crippen LogP contribution in [-0.2, 0) is 11.3 Å². The highest BCUT2D eigenvalue weighted by Crippen LogP contribution is 2.23. The Morgan fingerprint density at radius 2 is 2.14 bits per heavy atom. The SMILES string of the molecule is Cc1cc(Br)cn2cc(CNC(=O)C3CCCCC3)nc12. The smallest absolute Gasteiger partial charge is 0.223 e. The average molecular weight is 350 g/mol. The van der Waals surface area contributed by atoms with E-state index in [-0.39, 0.29) is 11.8 Å². The zero-order valence-corrected chi connectivity index (χ0v) is 13.8. The molecule has 0 spiro atoms. The molecule has 0 aromatic carbocycles. The number of carbonyl (C=O) groups excluding carboxylic acids is 1. The zero-order chi connectivity index (χ0) is 14.8. The topological polar surface area (TPSA) is 46.4 Å². The van der Waals surface area contributed by atoms with Crippen molar-refractivity contribution in [1.29, 1.82) is 0 Å². The lowest BCUT2D eigenvalue weighted by atomic mass is 9.89. The van der Waals surface area contributed by atoms with Gasteiger partial charge in [0.25, 0.3) is 0 Å². The van der Waals surface area contributed by atoms with Gasteiger partial charge in [-0.1, -0.05) is 19.3 Å². The minimum atomic E-state index is 0.185. The van der Waals surface area contributed by atoms with Gasteiger partial charge in [-0.2, -0.15) is 0 Å². The monoisotopic (exact) mass is 349 g/mol. The maximum atomic E-state index is 12.2. The molecule has 5 heteroatoms. The molecule has 2 heterocycles. The van der Waals surface area contributed by atoms with Crippen molar-refractivity contribution in [3.8, 4) is 0 Å². The van der Waals surface area contributed by atoms with E-state index >= 15 is 0 Å². The van der Waals surface area contributed by atoms with Gasteiger partial charge in [-0.05, 0) is 47.3 Å². The van der Waals surface area contributed by atoms with Gasteiger partial charge in [0.05, 0.1) is 12.2 Å². The number of rotatable bonds is 3. The summed E-state index contributed by atoms with van der Waals surface area (Å²) >= 11 is 3.49. The maximum Gasteiger partial charge on any atom is 0.223 e. The van der Waals surface area contributed by atoms with Crippen LogP contribution in [0.4, 0.5) is 0 Å². The summed E-state index contributed by atoms with van der Waals surface area (Å²) < 4.78 is 3.03. The number of pyridine rings is 1. The van der Waals surface area contributed by atoms with E-state index in [1.54, 1.807) is 0 Å². The van der Waals surface area contributed by atoms with Crippen LogP contribution in [0.25, 0.3) is 5.65 Å². The molecule has 0 saturated heterocycles. The quantitative estimate of drug-likeness (QED) is 0.919. The molecule has 112 valence electrons. The number of halogens is 1. The lowest BCUT2D eigenvalue weighted by Gasteiger charge is -2.20. The van der Waals surface area contributed by atoms with Gasteiger partial charge in [-0.15, -0.1) is 0 Å². The summed E-state index contributed by atoms with van der Waals surface area (Å²) in [6.45, 7) is 2.55. The van der Waals surface area contributed by atoms with Crippen molar-refractivity contribution in [2.45, 2.75) is 45.6 Å². The molecule has 1 N–H and O–H groups in total. The van der Waals surface area contributed by atoms with E-state index in [1.165, 1.54) is 19.3 Å². The Balaban J connectivity index is 1.67. The minimum Gasteiger partial charge on any atom is -0.350 e. The fraction of sp³-hybridized carbons (Fsp3) is 0.500. The summed E-state index contributed by atoms with van der Waals surface area (Å²) in [6, 6.07) is 2.05. The summed E-state index contributed by atoms with van der Waals surface area (Å²) in [6.07, 6.45) is 9.66. The Hall–Kier alpha value is -1.36. The van der Waals surface area contributed by atoms with Crippen LogP contribution in [0.15, 0.2) is 22.9 Å². The molecule has 2 aromatic rings. The minimum absolute atomic E-state index is 0.185. The summed E-state index contributed by atoms with van der Waals surface area (Å²) in [7, 11) is 0. The Kier molecular flexibility index (Phi) is 4.29. The number of fused-ring (bicyclic) bond motifs is 1. The molecule has 3 rings (SSSR count). The molecule has 21 heavy (non-hydrogen) atoms. The molecule has 1 aliphatic rings. The summed E-state index contributed by atoms with van der Waals surface area (Å²) in [5.41, 5.74) is 2.97. The molecule has 0 aliphatic heterocycles. The Bertz CT molecular complexity index is 659. The van der Waals surface area contributed by atoms with E-state index in [0.717, 1.165) is 34.2 Å². The van der Waals surface area contributed by atoms with Crippen molar-refractivity contribution >= 4 is 27.5 Å². The van der Waals surface area contributed by atoms with E-state index in [0.29, 0.717) is 6.54 Å². The largest absolute Gasteiger partial charge is 0.350 e. The first-order valence-corrected chi connectivity index (χ1v) is 8.34. The van der Waals surface area contributed by atoms with Crippen LogP contribution in [0.2, 0.25) is 0 Å². The second-order valence-corrected chi connectivity index (χ2v) is 6.77. The number of nitrogens with zero attached hydrogens (tertiary/aromatic N) is 2. The van der Waals surface area contributed by atoms with Gasteiger partial charge in [0.15, 0.2) is 0 Å². The number of amides is 1. The number of aryl methyl sites for hydroxylation is 1. The first kappa shape index (κ1) is 14.6. The Labute approximate surface area is 133 Å². The summed E-state index contributed by atoms with van der Waals surface area (Å²) in [5, 5.41) is 3.04. The van der Waals surface area contributed by atoms with Crippen molar-refractivity contribution < 1.29 is 4.79 Å². The molecule has 1 fully saturated rings. The molecule has 1 aliphatic carbocycles. The van der Waals surface area contributed by atoms with Crippen molar-refractivity contribution in [3.63, 3.8) is 0 Å². The molecule has 0 unspecified atom stereocenters. The first-order valence-electron chi connectivity index (χ1n) is 7.55. The van der Waals surface area contributed by atoms with Crippen LogP contribution in [0.1, 0.15) is 43.4 Å². The van der Waals surface area contributed by atoms with E-state index in [4.69, 9.17) is 0 Å². The zero-order valence-electron chi connectivity index (χ0n) is 12.2. The number of aromatic nitrogens is 2. The molecule has 0 atom stereocenters. The van der Waals surface area contributed by atoms with Gasteiger partial charge in [0.1, 0.15) is 5.65 Å². The third-order valence-corrected chi connectivity index (χ3v) is 4.61. The van der Waals surface area contributed by atoms with Crippen LogP contribution in [0.3, 0.4) is 0 Å². The molecule has 2 aromatic heterocycles. The van der Waals surface area contributed by atoms with Crippen molar-refractivity contribution in [1.82, 2.24) is 14.7 Å². The molecular weight excluding hydrogens is 330 g/mol. The van der Waals surface area contributed by atoms with Crippen LogP contribution in [0, 0.1) is 12.8 Å². The van der Waals surface area contributed by atoms with Crippen molar-refractivity contribution in [2.75, 3.05) is 0 Å². The highest BCUT2D eigenvalue weighted by molar-refractivity contribution is 9.10. The average Bonchev–Trinajstić information content (AvgIpc) is 2.89. The van der Waals surface area contributed by atoms with E-state index in [1.807, 2.05) is 29.8 Å². The van der Waals surface area contributed by atoms with E-state index < -0.39 is 0 Å². The summed E-state index contributed by atoms with van der Waals surface area (Å²) in [4.78, 5) is 16.8. The highest BCUT2D eigenvalue weighted by Gasteiger charge is 2.20. The maximum absolute atomic E-state index is 12.2. The molecule has 0 radical (unpaired) electrons. The Morgan fingerprint density at radius 3 is 2.90 bits per heavy atom. The fourth-order valence-corrected chi connectivity index (χ4v) is 3.61. The fourth-order valence-electron chi connectivity index (χ4n) is 3.05. The van der Waals surface area contributed by atoms with Gasteiger partial charge < -0.3 is 9.72 Å².